The topological polar surface area (TPSA) is 43.1 Å². The molecule has 0 aliphatic carbocycles. The molecule has 2 nitrogen and oxygen atoms in total. The number of rotatable bonds is 3. The lowest BCUT2D eigenvalue weighted by atomic mass is 10.2. The Hall–Kier alpha value is -1.03. The summed E-state index contributed by atoms with van der Waals surface area (Å²) in [6.07, 6.45) is 0. The Morgan fingerprint density at radius 2 is 1.72 bits per heavy atom. The number of nitrogens with two attached hydrogens (primary N) is 1. The van der Waals surface area contributed by atoms with E-state index >= 15 is 0 Å². The van der Waals surface area contributed by atoms with Gasteiger partial charge in [0.05, 0.1) is 26.5 Å². The van der Waals surface area contributed by atoms with Gasteiger partial charge >= 0.3 is 0 Å². The molecule has 0 saturated carbocycles. The molecule has 2 aromatic carbocycles. The van der Waals surface area contributed by atoms with Crippen molar-refractivity contribution in [2.45, 2.75) is 10.6 Å². The number of halogens is 2. The molecule has 0 radical (unpaired) electrons. The summed E-state index contributed by atoms with van der Waals surface area (Å²) in [5.41, 5.74) is 7.16. The summed E-state index contributed by atoms with van der Waals surface area (Å²) in [4.78, 5) is 0.562. The molecule has 0 aromatic heterocycles. The summed E-state index contributed by atoms with van der Waals surface area (Å²) >= 11 is 11.8. The van der Waals surface area contributed by atoms with Crippen LogP contribution in [0, 0.1) is 0 Å². The number of hydrogen-bond acceptors (Lipinski definition) is 2. The average Bonchev–Trinajstić information content (AvgIpc) is 2.35. The van der Waals surface area contributed by atoms with E-state index in [2.05, 4.69) is 0 Å². The molecular weight excluding hydrogens is 289 g/mol. The van der Waals surface area contributed by atoms with Gasteiger partial charge in [-0.2, -0.15) is 0 Å². The lowest BCUT2D eigenvalue weighted by Crippen LogP contribution is -1.98. The zero-order chi connectivity index (χ0) is 13.1. The van der Waals surface area contributed by atoms with Crippen LogP contribution in [0.2, 0.25) is 10.0 Å². The zero-order valence-corrected chi connectivity index (χ0v) is 11.7. The molecule has 0 aliphatic rings. The van der Waals surface area contributed by atoms with Crippen molar-refractivity contribution >= 4 is 39.7 Å². The van der Waals surface area contributed by atoms with E-state index in [-0.39, 0.29) is 0 Å². The van der Waals surface area contributed by atoms with Crippen molar-refractivity contribution < 1.29 is 4.21 Å². The van der Waals surface area contributed by atoms with E-state index in [1.54, 1.807) is 30.3 Å². The number of hydrogen-bond donors (Lipinski definition) is 1. The average molecular weight is 300 g/mol. The van der Waals surface area contributed by atoms with Gasteiger partial charge in [-0.3, -0.25) is 4.21 Å². The summed E-state index contributed by atoms with van der Waals surface area (Å²) in [5.74, 6) is 0.389. The molecule has 1 atom stereocenters. The molecule has 18 heavy (non-hydrogen) atoms. The summed E-state index contributed by atoms with van der Waals surface area (Å²) in [7, 11) is -1.22. The van der Waals surface area contributed by atoms with E-state index in [0.29, 0.717) is 26.4 Å². The van der Waals surface area contributed by atoms with Crippen LogP contribution in [0.5, 0.6) is 0 Å². The third-order valence-electron chi connectivity index (χ3n) is 2.41. The highest BCUT2D eigenvalue weighted by Gasteiger charge is 2.10. The van der Waals surface area contributed by atoms with E-state index in [1.165, 1.54) is 0 Å². The summed E-state index contributed by atoms with van der Waals surface area (Å²) in [6.45, 7) is 0. The first kappa shape index (κ1) is 13.4. The van der Waals surface area contributed by atoms with Crippen molar-refractivity contribution in [3.63, 3.8) is 0 Å². The molecule has 2 aromatic rings. The predicted molar refractivity (Wildman–Crippen MR) is 77.4 cm³/mol. The second kappa shape index (κ2) is 5.74. The van der Waals surface area contributed by atoms with E-state index in [0.717, 1.165) is 5.56 Å². The molecule has 2 N–H and O–H groups in total. The van der Waals surface area contributed by atoms with Gasteiger partial charge in [0.15, 0.2) is 0 Å². The molecule has 1 unspecified atom stereocenters. The lowest BCUT2D eigenvalue weighted by Gasteiger charge is -2.06. The van der Waals surface area contributed by atoms with E-state index in [1.807, 2.05) is 12.1 Å². The van der Waals surface area contributed by atoms with Gasteiger partial charge in [-0.05, 0) is 35.9 Å². The van der Waals surface area contributed by atoms with E-state index < -0.39 is 10.8 Å². The highest BCUT2D eigenvalue weighted by atomic mass is 35.5. The maximum Gasteiger partial charge on any atom is 0.0598 e. The molecule has 0 aliphatic heterocycles. The summed E-state index contributed by atoms with van der Waals surface area (Å²) in [5, 5.41) is 1.13. The Morgan fingerprint density at radius 1 is 1.06 bits per heavy atom. The van der Waals surface area contributed by atoms with Gasteiger partial charge in [-0.1, -0.05) is 35.3 Å². The quantitative estimate of drug-likeness (QED) is 0.874. The molecule has 0 heterocycles. The van der Waals surface area contributed by atoms with Crippen LogP contribution in [0.3, 0.4) is 0 Å². The Bertz CT molecular complexity index is 584. The Balaban J connectivity index is 2.21. The number of nitrogen functional groups attached to an aromatic ring is 1. The molecule has 5 heteroatoms. The Labute approximate surface area is 118 Å². The van der Waals surface area contributed by atoms with Crippen LogP contribution in [-0.2, 0) is 16.6 Å². The molecule has 0 spiro atoms. The fourth-order valence-corrected chi connectivity index (χ4v) is 3.21. The summed E-state index contributed by atoms with van der Waals surface area (Å²) < 4.78 is 12.2. The first-order valence-corrected chi connectivity index (χ1v) is 7.31. The van der Waals surface area contributed by atoms with E-state index in [4.69, 9.17) is 28.9 Å². The Morgan fingerprint density at radius 3 is 2.39 bits per heavy atom. The molecule has 0 bridgehead atoms. The van der Waals surface area contributed by atoms with Gasteiger partial charge in [0.1, 0.15) is 0 Å². The minimum atomic E-state index is -1.22. The van der Waals surface area contributed by atoms with Gasteiger partial charge in [0.25, 0.3) is 0 Å². The van der Waals surface area contributed by atoms with Crippen molar-refractivity contribution in [3.05, 3.63) is 58.1 Å². The van der Waals surface area contributed by atoms with E-state index in [9.17, 15) is 4.21 Å². The van der Waals surface area contributed by atoms with Crippen LogP contribution >= 0.6 is 23.2 Å². The first-order valence-electron chi connectivity index (χ1n) is 5.24. The van der Waals surface area contributed by atoms with Crippen molar-refractivity contribution in [3.8, 4) is 0 Å². The normalized spacial score (nSPS) is 12.3. The molecule has 0 saturated heterocycles. The molecule has 0 amide bonds. The van der Waals surface area contributed by atoms with Gasteiger partial charge < -0.3 is 5.73 Å². The van der Waals surface area contributed by atoms with Crippen molar-refractivity contribution in [2.24, 2.45) is 0 Å². The van der Waals surface area contributed by atoms with Crippen LogP contribution in [0.1, 0.15) is 5.56 Å². The molecule has 94 valence electrons. The highest BCUT2D eigenvalue weighted by molar-refractivity contribution is 7.84. The van der Waals surface area contributed by atoms with Gasteiger partial charge in [-0.15, -0.1) is 0 Å². The number of anilines is 1. The van der Waals surface area contributed by atoms with Crippen LogP contribution < -0.4 is 5.73 Å². The van der Waals surface area contributed by atoms with Crippen LogP contribution in [-0.4, -0.2) is 4.21 Å². The maximum absolute atomic E-state index is 12.2. The molecule has 2 rings (SSSR count). The van der Waals surface area contributed by atoms with Crippen LogP contribution in [0.25, 0.3) is 0 Å². The van der Waals surface area contributed by atoms with Crippen LogP contribution in [0.4, 0.5) is 5.69 Å². The fraction of sp³-hybridized carbons (Fsp3) is 0.0769. The SMILES string of the molecule is Nc1ccc(Cl)c(S(=O)Cc2ccc(Cl)cc2)c1. The molecule has 0 fully saturated rings. The maximum atomic E-state index is 12.2. The smallest absolute Gasteiger partial charge is 0.0598 e. The third-order valence-corrected chi connectivity index (χ3v) is 4.53. The predicted octanol–water partition coefficient (Wildman–Crippen LogP) is 3.88. The monoisotopic (exact) mass is 299 g/mol. The first-order chi connectivity index (χ1) is 8.56. The minimum Gasteiger partial charge on any atom is -0.399 e. The van der Waals surface area contributed by atoms with Crippen LogP contribution in [0.15, 0.2) is 47.4 Å². The zero-order valence-electron chi connectivity index (χ0n) is 9.40. The van der Waals surface area contributed by atoms with Gasteiger partial charge in [-0.25, -0.2) is 0 Å². The fourth-order valence-electron chi connectivity index (χ4n) is 1.50. The van der Waals surface area contributed by atoms with Gasteiger partial charge in [0.2, 0.25) is 0 Å². The second-order valence-corrected chi connectivity index (χ2v) is 6.07. The largest absolute Gasteiger partial charge is 0.399 e. The van der Waals surface area contributed by atoms with Crippen molar-refractivity contribution in [1.29, 1.82) is 0 Å². The third kappa shape index (κ3) is 3.25. The van der Waals surface area contributed by atoms with Crippen molar-refractivity contribution in [2.75, 3.05) is 5.73 Å². The minimum absolute atomic E-state index is 0.389. The highest BCUT2D eigenvalue weighted by Crippen LogP contribution is 2.24. The second-order valence-electron chi connectivity index (χ2n) is 3.81. The van der Waals surface area contributed by atoms with Gasteiger partial charge in [0, 0.05) is 10.7 Å². The summed E-state index contributed by atoms with van der Waals surface area (Å²) in [6, 6.07) is 12.2. The standard InChI is InChI=1S/C13H11Cl2NOS/c14-10-3-1-9(2-4-10)8-18(17)13-7-11(16)5-6-12(13)15/h1-7H,8,16H2. The Kier molecular flexibility index (Phi) is 4.27. The molecular formula is C13H11Cl2NOS. The number of benzene rings is 2. The lowest BCUT2D eigenvalue weighted by molar-refractivity contribution is 0.682. The van der Waals surface area contributed by atoms with Crippen molar-refractivity contribution in [1.82, 2.24) is 0 Å².